The predicted octanol–water partition coefficient (Wildman–Crippen LogP) is 2.29. The molecule has 0 radical (unpaired) electrons. The molecule has 0 aliphatic carbocycles. The third-order valence-corrected chi connectivity index (χ3v) is 4.98. The average molecular weight is 373 g/mol. The van der Waals surface area contributed by atoms with Crippen LogP contribution < -0.4 is 4.90 Å². The van der Waals surface area contributed by atoms with Crippen LogP contribution in [0.4, 0.5) is 10.6 Å². The van der Waals surface area contributed by atoms with E-state index >= 15 is 0 Å². The maximum absolute atomic E-state index is 12.2. The van der Waals surface area contributed by atoms with Crippen LogP contribution in [0, 0.1) is 0 Å². The maximum atomic E-state index is 12.2. The van der Waals surface area contributed by atoms with Gasteiger partial charge in [0, 0.05) is 44.9 Å². The minimum atomic E-state index is -0.469. The van der Waals surface area contributed by atoms with E-state index in [0.29, 0.717) is 24.8 Å². The summed E-state index contributed by atoms with van der Waals surface area (Å²) in [5.74, 6) is 2.09. The largest absolute Gasteiger partial charge is 0.444 e. The van der Waals surface area contributed by atoms with Crippen LogP contribution in [0.15, 0.2) is 18.5 Å². The second kappa shape index (κ2) is 6.99. The highest BCUT2D eigenvalue weighted by atomic mass is 16.6. The summed E-state index contributed by atoms with van der Waals surface area (Å²) in [5, 5.41) is 0. The number of hydrogen-bond acceptors (Lipinski definition) is 6. The van der Waals surface area contributed by atoms with Gasteiger partial charge in [-0.3, -0.25) is 4.40 Å². The molecule has 2 aliphatic heterocycles. The Morgan fingerprint density at radius 1 is 1.26 bits per heavy atom. The molecular weight excluding hydrogens is 346 g/mol. The van der Waals surface area contributed by atoms with Crippen LogP contribution >= 0.6 is 0 Å². The molecule has 27 heavy (non-hydrogen) atoms. The lowest BCUT2D eigenvalue weighted by Crippen LogP contribution is -2.50. The molecular formula is C19H27N5O3. The third kappa shape index (κ3) is 3.85. The Morgan fingerprint density at radius 2 is 2.04 bits per heavy atom. The number of fused-ring (bicyclic) bond motifs is 1. The number of carbonyl (C=O) groups is 1. The van der Waals surface area contributed by atoms with Crippen LogP contribution in [0.25, 0.3) is 5.78 Å². The molecule has 0 bridgehead atoms. The van der Waals surface area contributed by atoms with E-state index in [1.165, 1.54) is 0 Å². The Bertz CT molecular complexity index is 814. The van der Waals surface area contributed by atoms with Gasteiger partial charge in [-0.25, -0.2) is 14.8 Å². The van der Waals surface area contributed by atoms with E-state index in [2.05, 4.69) is 16.0 Å². The quantitative estimate of drug-likeness (QED) is 0.804. The Balaban J connectivity index is 1.44. The number of hydrogen-bond donors (Lipinski definition) is 0. The van der Waals surface area contributed by atoms with Crippen molar-refractivity contribution in [2.45, 2.75) is 38.7 Å². The van der Waals surface area contributed by atoms with Crippen molar-refractivity contribution >= 4 is 17.7 Å². The van der Waals surface area contributed by atoms with Gasteiger partial charge in [0.15, 0.2) is 0 Å². The van der Waals surface area contributed by atoms with E-state index in [1.54, 1.807) is 4.90 Å². The van der Waals surface area contributed by atoms with E-state index < -0.39 is 5.60 Å². The number of ether oxygens (including phenoxy) is 2. The lowest BCUT2D eigenvalue weighted by Gasteiger charge is -2.36. The van der Waals surface area contributed by atoms with Crippen molar-refractivity contribution in [3.8, 4) is 0 Å². The molecule has 0 aromatic carbocycles. The van der Waals surface area contributed by atoms with Crippen LogP contribution in [-0.2, 0) is 9.47 Å². The van der Waals surface area contributed by atoms with Crippen LogP contribution in [0.3, 0.4) is 0 Å². The molecule has 8 heteroatoms. The number of imidazole rings is 1. The standard InChI is InChI=1S/C19H27N5O3/c1-19(2,3)27-18(25)23-9-7-22(8-10-23)16-12-20-17-21-15(4-6-24(16)17)14-5-11-26-13-14/h4,6,12,14H,5,7-11,13H2,1-3H3. The Kier molecular flexibility index (Phi) is 4.67. The van der Waals surface area contributed by atoms with Crippen LogP contribution in [-0.4, -0.2) is 70.4 Å². The van der Waals surface area contributed by atoms with Gasteiger partial charge >= 0.3 is 6.09 Å². The smallest absolute Gasteiger partial charge is 0.410 e. The highest BCUT2D eigenvalue weighted by Gasteiger charge is 2.27. The van der Waals surface area contributed by atoms with Crippen molar-refractivity contribution in [1.82, 2.24) is 19.3 Å². The number of rotatable bonds is 2. The summed E-state index contributed by atoms with van der Waals surface area (Å²) in [6, 6.07) is 2.06. The van der Waals surface area contributed by atoms with E-state index in [9.17, 15) is 4.79 Å². The summed E-state index contributed by atoms with van der Waals surface area (Å²) in [6.07, 6.45) is 4.67. The number of piperazine rings is 1. The van der Waals surface area contributed by atoms with Crippen molar-refractivity contribution in [2.24, 2.45) is 0 Å². The van der Waals surface area contributed by atoms with E-state index in [4.69, 9.17) is 14.5 Å². The first-order valence-electron chi connectivity index (χ1n) is 9.55. The first kappa shape index (κ1) is 18.0. The van der Waals surface area contributed by atoms with Gasteiger partial charge in [0.25, 0.3) is 0 Å². The van der Waals surface area contributed by atoms with Crippen molar-refractivity contribution in [1.29, 1.82) is 0 Å². The van der Waals surface area contributed by atoms with Crippen molar-refractivity contribution in [3.05, 3.63) is 24.2 Å². The summed E-state index contributed by atoms with van der Waals surface area (Å²) in [4.78, 5) is 25.4. The minimum Gasteiger partial charge on any atom is -0.444 e. The number of aromatic nitrogens is 3. The Hall–Kier alpha value is -2.35. The summed E-state index contributed by atoms with van der Waals surface area (Å²) in [7, 11) is 0. The van der Waals surface area contributed by atoms with Crippen LogP contribution in [0.1, 0.15) is 38.8 Å². The molecule has 1 amide bonds. The normalized spacial score (nSPS) is 21.1. The summed E-state index contributed by atoms with van der Waals surface area (Å²) < 4.78 is 12.9. The lowest BCUT2D eigenvalue weighted by atomic mass is 10.1. The molecule has 146 valence electrons. The summed E-state index contributed by atoms with van der Waals surface area (Å²) in [5.41, 5.74) is 0.579. The first-order valence-corrected chi connectivity index (χ1v) is 9.55. The Morgan fingerprint density at radius 3 is 2.70 bits per heavy atom. The van der Waals surface area contributed by atoms with Crippen LogP contribution in [0.5, 0.6) is 0 Å². The topological polar surface area (TPSA) is 72.2 Å². The van der Waals surface area contributed by atoms with Crippen molar-refractivity contribution in [2.75, 3.05) is 44.3 Å². The molecule has 2 aromatic rings. The summed E-state index contributed by atoms with van der Waals surface area (Å²) in [6.45, 7) is 9.95. The van der Waals surface area contributed by atoms with Crippen molar-refractivity contribution in [3.63, 3.8) is 0 Å². The highest BCUT2D eigenvalue weighted by molar-refractivity contribution is 5.68. The number of anilines is 1. The molecule has 2 fully saturated rings. The molecule has 4 heterocycles. The second-order valence-electron chi connectivity index (χ2n) is 8.15. The predicted molar refractivity (Wildman–Crippen MR) is 101 cm³/mol. The molecule has 2 aromatic heterocycles. The molecule has 1 atom stereocenters. The fourth-order valence-corrected chi connectivity index (χ4v) is 3.55. The van der Waals surface area contributed by atoms with Gasteiger partial charge in [0.1, 0.15) is 11.4 Å². The fourth-order valence-electron chi connectivity index (χ4n) is 3.55. The number of amides is 1. The molecule has 0 N–H and O–H groups in total. The van der Waals surface area contributed by atoms with Gasteiger partial charge in [-0.2, -0.15) is 0 Å². The molecule has 1 unspecified atom stereocenters. The van der Waals surface area contributed by atoms with E-state index in [1.807, 2.05) is 37.6 Å². The van der Waals surface area contributed by atoms with Gasteiger partial charge in [0.2, 0.25) is 5.78 Å². The zero-order valence-electron chi connectivity index (χ0n) is 16.2. The van der Waals surface area contributed by atoms with Gasteiger partial charge in [-0.1, -0.05) is 0 Å². The van der Waals surface area contributed by atoms with Gasteiger partial charge in [-0.15, -0.1) is 0 Å². The number of carbonyl (C=O) groups excluding carboxylic acids is 1. The zero-order chi connectivity index (χ0) is 19.0. The van der Waals surface area contributed by atoms with E-state index in [0.717, 1.165) is 44.2 Å². The highest BCUT2D eigenvalue weighted by Crippen LogP contribution is 2.25. The lowest BCUT2D eigenvalue weighted by molar-refractivity contribution is 0.0240. The SMILES string of the molecule is CC(C)(C)OC(=O)N1CCN(c2cnc3nc(C4CCOC4)ccn23)CC1. The Labute approximate surface area is 159 Å². The van der Waals surface area contributed by atoms with Crippen molar-refractivity contribution < 1.29 is 14.3 Å². The van der Waals surface area contributed by atoms with Gasteiger partial charge in [0.05, 0.1) is 18.5 Å². The molecule has 0 saturated carbocycles. The third-order valence-electron chi connectivity index (χ3n) is 4.98. The van der Waals surface area contributed by atoms with E-state index in [-0.39, 0.29) is 6.09 Å². The number of nitrogens with zero attached hydrogens (tertiary/aromatic N) is 5. The molecule has 2 aliphatic rings. The first-order chi connectivity index (χ1) is 12.9. The zero-order valence-corrected chi connectivity index (χ0v) is 16.2. The van der Waals surface area contributed by atoms with Gasteiger partial charge < -0.3 is 19.3 Å². The molecule has 2 saturated heterocycles. The average Bonchev–Trinajstić information content (AvgIpc) is 3.30. The summed E-state index contributed by atoms with van der Waals surface area (Å²) >= 11 is 0. The monoisotopic (exact) mass is 373 g/mol. The second-order valence-corrected chi connectivity index (χ2v) is 8.15. The maximum Gasteiger partial charge on any atom is 0.410 e. The van der Waals surface area contributed by atoms with Gasteiger partial charge in [-0.05, 0) is 33.3 Å². The minimum absolute atomic E-state index is 0.245. The van der Waals surface area contributed by atoms with Crippen LogP contribution in [0.2, 0.25) is 0 Å². The molecule has 0 spiro atoms. The molecule has 4 rings (SSSR count). The fraction of sp³-hybridized carbons (Fsp3) is 0.632. The molecule has 8 nitrogen and oxygen atoms in total.